The lowest BCUT2D eigenvalue weighted by atomic mass is 10.1. The highest BCUT2D eigenvalue weighted by molar-refractivity contribution is 9.10. The topological polar surface area (TPSA) is 43.3 Å². The van der Waals surface area contributed by atoms with E-state index < -0.39 is 0 Å². The summed E-state index contributed by atoms with van der Waals surface area (Å²) in [6, 6.07) is 1.86. The molecule has 0 radical (unpaired) electrons. The van der Waals surface area contributed by atoms with Gasteiger partial charge in [0, 0.05) is 37.0 Å². The van der Waals surface area contributed by atoms with Crippen LogP contribution >= 0.6 is 15.9 Å². The third-order valence-corrected chi connectivity index (χ3v) is 3.73. The Bertz CT molecular complexity index is 411. The number of hydrogen-bond donors (Lipinski definition) is 1. The molecule has 1 saturated heterocycles. The third-order valence-electron chi connectivity index (χ3n) is 3.30. The van der Waals surface area contributed by atoms with E-state index in [4.69, 9.17) is 4.74 Å². The molecule has 5 heteroatoms. The van der Waals surface area contributed by atoms with E-state index in [1.807, 2.05) is 23.8 Å². The Morgan fingerprint density at radius 2 is 2.50 bits per heavy atom. The van der Waals surface area contributed by atoms with Gasteiger partial charge in [-0.1, -0.05) is 0 Å². The standard InChI is InChI=1S/C13H19BrN2O2/c1-2-16-8-11(14)7-12(16)13(17)15-5-3-10-4-6-18-9-10/h7-8,10H,2-6,9H2,1H3,(H,15,17). The van der Waals surface area contributed by atoms with E-state index in [1.165, 1.54) is 0 Å². The lowest BCUT2D eigenvalue weighted by Gasteiger charge is -2.10. The van der Waals surface area contributed by atoms with E-state index in [1.54, 1.807) is 0 Å². The second-order valence-corrected chi connectivity index (χ2v) is 5.52. The zero-order valence-electron chi connectivity index (χ0n) is 10.6. The lowest BCUT2D eigenvalue weighted by molar-refractivity contribution is 0.0941. The summed E-state index contributed by atoms with van der Waals surface area (Å²) in [7, 11) is 0. The molecule has 1 aromatic heterocycles. The number of rotatable bonds is 5. The van der Waals surface area contributed by atoms with E-state index in [2.05, 4.69) is 21.2 Å². The minimum atomic E-state index is 0.00136. The molecule has 1 amide bonds. The fourth-order valence-electron chi connectivity index (χ4n) is 2.22. The highest BCUT2D eigenvalue weighted by Gasteiger charge is 2.16. The van der Waals surface area contributed by atoms with E-state index in [9.17, 15) is 4.79 Å². The molecule has 0 spiro atoms. The van der Waals surface area contributed by atoms with E-state index in [-0.39, 0.29) is 5.91 Å². The largest absolute Gasteiger partial charge is 0.381 e. The van der Waals surface area contributed by atoms with Gasteiger partial charge in [-0.3, -0.25) is 4.79 Å². The monoisotopic (exact) mass is 314 g/mol. The van der Waals surface area contributed by atoms with E-state index in [0.29, 0.717) is 11.6 Å². The molecule has 2 rings (SSSR count). The molecule has 4 nitrogen and oxygen atoms in total. The summed E-state index contributed by atoms with van der Waals surface area (Å²) in [5.74, 6) is 0.608. The van der Waals surface area contributed by atoms with Crippen molar-refractivity contribution in [2.24, 2.45) is 5.92 Å². The quantitative estimate of drug-likeness (QED) is 0.907. The highest BCUT2D eigenvalue weighted by Crippen LogP contribution is 2.16. The van der Waals surface area contributed by atoms with Gasteiger partial charge in [0.2, 0.25) is 0 Å². The second kappa shape index (κ2) is 6.38. The van der Waals surface area contributed by atoms with Crippen LogP contribution in [0.15, 0.2) is 16.7 Å². The van der Waals surface area contributed by atoms with Crippen molar-refractivity contribution in [1.82, 2.24) is 9.88 Å². The molecule has 1 N–H and O–H groups in total. The molecule has 1 aromatic rings. The van der Waals surface area contributed by atoms with Crippen LogP contribution < -0.4 is 5.32 Å². The molecular weight excluding hydrogens is 296 g/mol. The summed E-state index contributed by atoms with van der Waals surface area (Å²) in [6.07, 6.45) is 4.05. The number of aryl methyl sites for hydroxylation is 1. The summed E-state index contributed by atoms with van der Waals surface area (Å²) in [5.41, 5.74) is 0.715. The second-order valence-electron chi connectivity index (χ2n) is 4.60. The van der Waals surface area contributed by atoms with Crippen molar-refractivity contribution >= 4 is 21.8 Å². The first-order chi connectivity index (χ1) is 8.70. The first-order valence-corrected chi connectivity index (χ1v) is 7.21. The van der Waals surface area contributed by atoms with Crippen molar-refractivity contribution in [3.8, 4) is 0 Å². The minimum Gasteiger partial charge on any atom is -0.381 e. The van der Waals surface area contributed by atoms with Crippen molar-refractivity contribution in [3.63, 3.8) is 0 Å². The van der Waals surface area contributed by atoms with Crippen LogP contribution in [0.1, 0.15) is 30.3 Å². The van der Waals surface area contributed by atoms with Gasteiger partial charge in [-0.2, -0.15) is 0 Å². The number of hydrogen-bond acceptors (Lipinski definition) is 2. The lowest BCUT2D eigenvalue weighted by Crippen LogP contribution is -2.28. The van der Waals surface area contributed by atoms with Crippen LogP contribution in [0.2, 0.25) is 0 Å². The molecule has 18 heavy (non-hydrogen) atoms. The van der Waals surface area contributed by atoms with Gasteiger partial charge in [-0.15, -0.1) is 0 Å². The smallest absolute Gasteiger partial charge is 0.267 e. The van der Waals surface area contributed by atoms with Gasteiger partial charge in [0.25, 0.3) is 5.91 Å². The van der Waals surface area contributed by atoms with Crippen molar-refractivity contribution < 1.29 is 9.53 Å². The number of amides is 1. The van der Waals surface area contributed by atoms with E-state index >= 15 is 0 Å². The maximum Gasteiger partial charge on any atom is 0.267 e. The van der Waals surface area contributed by atoms with Gasteiger partial charge in [-0.25, -0.2) is 0 Å². The Morgan fingerprint density at radius 1 is 1.67 bits per heavy atom. The fraction of sp³-hybridized carbons (Fsp3) is 0.615. The maximum absolute atomic E-state index is 12.0. The van der Waals surface area contributed by atoms with Crippen molar-refractivity contribution in [3.05, 3.63) is 22.4 Å². The SMILES string of the molecule is CCn1cc(Br)cc1C(=O)NCCC1CCOC1. The number of carbonyl (C=O) groups is 1. The average molecular weight is 315 g/mol. The van der Waals surface area contributed by atoms with Crippen molar-refractivity contribution in [2.75, 3.05) is 19.8 Å². The van der Waals surface area contributed by atoms with Crippen molar-refractivity contribution in [1.29, 1.82) is 0 Å². The van der Waals surface area contributed by atoms with Crippen LogP contribution in [0.25, 0.3) is 0 Å². The van der Waals surface area contributed by atoms with Gasteiger partial charge in [0.05, 0.1) is 0 Å². The highest BCUT2D eigenvalue weighted by atomic mass is 79.9. The Morgan fingerprint density at radius 3 is 3.17 bits per heavy atom. The van der Waals surface area contributed by atoms with Gasteiger partial charge in [0.1, 0.15) is 5.69 Å². The van der Waals surface area contributed by atoms with Crippen LogP contribution in [0.5, 0.6) is 0 Å². The molecule has 1 aliphatic heterocycles. The molecule has 100 valence electrons. The molecule has 0 aliphatic carbocycles. The molecule has 0 saturated carbocycles. The normalized spacial score (nSPS) is 19.1. The Labute approximate surface area is 116 Å². The van der Waals surface area contributed by atoms with Gasteiger partial charge in [0.15, 0.2) is 0 Å². The Kier molecular flexibility index (Phi) is 4.83. The van der Waals surface area contributed by atoms with Gasteiger partial charge in [-0.05, 0) is 47.7 Å². The third kappa shape index (κ3) is 3.36. The molecule has 2 heterocycles. The molecule has 1 fully saturated rings. The average Bonchev–Trinajstić information content (AvgIpc) is 2.98. The van der Waals surface area contributed by atoms with Crippen LogP contribution in [0.3, 0.4) is 0 Å². The molecular formula is C13H19BrN2O2. The summed E-state index contributed by atoms with van der Waals surface area (Å²) in [6.45, 7) is 5.25. The summed E-state index contributed by atoms with van der Waals surface area (Å²) in [5, 5.41) is 2.98. The number of carbonyl (C=O) groups excluding carboxylic acids is 1. The van der Waals surface area contributed by atoms with Crippen LogP contribution in [-0.4, -0.2) is 30.2 Å². The number of nitrogens with zero attached hydrogens (tertiary/aromatic N) is 1. The molecule has 1 unspecified atom stereocenters. The molecule has 1 atom stereocenters. The number of aromatic nitrogens is 1. The summed E-state index contributed by atoms with van der Waals surface area (Å²) < 4.78 is 8.20. The zero-order valence-corrected chi connectivity index (χ0v) is 12.2. The molecule has 1 aliphatic rings. The Balaban J connectivity index is 1.83. The van der Waals surface area contributed by atoms with Gasteiger partial charge < -0.3 is 14.6 Å². The van der Waals surface area contributed by atoms with E-state index in [0.717, 1.165) is 43.6 Å². The Hall–Kier alpha value is -0.810. The van der Waals surface area contributed by atoms with Crippen LogP contribution in [-0.2, 0) is 11.3 Å². The first kappa shape index (κ1) is 13.6. The van der Waals surface area contributed by atoms with Crippen LogP contribution in [0.4, 0.5) is 0 Å². The van der Waals surface area contributed by atoms with Crippen LogP contribution in [0, 0.1) is 5.92 Å². The minimum absolute atomic E-state index is 0.00136. The van der Waals surface area contributed by atoms with Crippen molar-refractivity contribution in [2.45, 2.75) is 26.3 Å². The number of halogens is 1. The molecule has 0 aromatic carbocycles. The first-order valence-electron chi connectivity index (χ1n) is 6.42. The summed E-state index contributed by atoms with van der Waals surface area (Å²) >= 11 is 3.40. The predicted molar refractivity (Wildman–Crippen MR) is 73.7 cm³/mol. The predicted octanol–water partition coefficient (Wildman–Crippen LogP) is 2.43. The summed E-state index contributed by atoms with van der Waals surface area (Å²) in [4.78, 5) is 12.0. The fourth-order valence-corrected chi connectivity index (χ4v) is 2.68. The molecule has 0 bridgehead atoms. The van der Waals surface area contributed by atoms with Gasteiger partial charge >= 0.3 is 0 Å². The zero-order chi connectivity index (χ0) is 13.0. The number of ether oxygens (including phenoxy) is 1. The number of nitrogens with one attached hydrogen (secondary N) is 1. The maximum atomic E-state index is 12.0.